The zero-order valence-corrected chi connectivity index (χ0v) is 16.6. The SMILES string of the molecule is CCCC(/N=C1/COc2ccccc2N1)N1CCN(c2ncc(C)cn2)CC1. The van der Waals surface area contributed by atoms with Gasteiger partial charge in [0.15, 0.2) is 0 Å². The minimum Gasteiger partial charge on any atom is -0.484 e. The lowest BCUT2D eigenvalue weighted by Crippen LogP contribution is -2.50. The number of amidine groups is 1. The van der Waals surface area contributed by atoms with E-state index in [1.807, 2.05) is 43.6 Å². The summed E-state index contributed by atoms with van der Waals surface area (Å²) in [7, 11) is 0. The zero-order chi connectivity index (χ0) is 19.3. The Morgan fingerprint density at radius 1 is 1.14 bits per heavy atom. The molecule has 148 valence electrons. The Morgan fingerprint density at radius 2 is 1.89 bits per heavy atom. The molecule has 2 aliphatic heterocycles. The van der Waals surface area contributed by atoms with Crippen molar-refractivity contribution in [1.82, 2.24) is 14.9 Å². The number of hydrogen-bond acceptors (Lipinski definition) is 6. The van der Waals surface area contributed by atoms with Crippen LogP contribution in [-0.2, 0) is 0 Å². The third-order valence-electron chi connectivity index (χ3n) is 5.17. The molecule has 4 rings (SSSR count). The van der Waals surface area contributed by atoms with E-state index in [1.165, 1.54) is 0 Å². The number of anilines is 2. The van der Waals surface area contributed by atoms with Gasteiger partial charge in [-0.25, -0.2) is 15.0 Å². The van der Waals surface area contributed by atoms with E-state index in [-0.39, 0.29) is 6.17 Å². The fraction of sp³-hybridized carbons (Fsp3) is 0.476. The number of piperazine rings is 1. The van der Waals surface area contributed by atoms with Crippen LogP contribution in [0.5, 0.6) is 5.75 Å². The number of aliphatic imine (C=N–C) groups is 1. The normalized spacial score (nSPS) is 19.6. The molecule has 2 aliphatic rings. The Hall–Kier alpha value is -2.67. The molecule has 1 unspecified atom stereocenters. The van der Waals surface area contributed by atoms with Crippen LogP contribution in [0.3, 0.4) is 0 Å². The Morgan fingerprint density at radius 3 is 2.64 bits per heavy atom. The summed E-state index contributed by atoms with van der Waals surface area (Å²) >= 11 is 0. The Labute approximate surface area is 166 Å². The molecular weight excluding hydrogens is 352 g/mol. The number of rotatable bonds is 5. The third kappa shape index (κ3) is 4.25. The molecule has 1 aromatic carbocycles. The molecule has 1 N–H and O–H groups in total. The fourth-order valence-electron chi connectivity index (χ4n) is 3.64. The number of fused-ring (bicyclic) bond motifs is 1. The summed E-state index contributed by atoms with van der Waals surface area (Å²) < 4.78 is 5.85. The van der Waals surface area contributed by atoms with E-state index in [0.29, 0.717) is 6.61 Å². The fourth-order valence-corrected chi connectivity index (χ4v) is 3.64. The van der Waals surface area contributed by atoms with Crippen molar-refractivity contribution in [3.05, 3.63) is 42.2 Å². The van der Waals surface area contributed by atoms with Gasteiger partial charge in [0.25, 0.3) is 0 Å². The topological polar surface area (TPSA) is 65.9 Å². The molecule has 0 aliphatic carbocycles. The maximum Gasteiger partial charge on any atom is 0.225 e. The van der Waals surface area contributed by atoms with Crippen molar-refractivity contribution < 1.29 is 4.74 Å². The molecule has 0 radical (unpaired) electrons. The van der Waals surface area contributed by atoms with E-state index in [0.717, 1.165) is 67.8 Å². The molecule has 1 fully saturated rings. The zero-order valence-electron chi connectivity index (χ0n) is 16.6. The maximum absolute atomic E-state index is 5.85. The van der Waals surface area contributed by atoms with Gasteiger partial charge in [0.2, 0.25) is 5.95 Å². The average Bonchev–Trinajstić information content (AvgIpc) is 2.74. The maximum atomic E-state index is 5.85. The summed E-state index contributed by atoms with van der Waals surface area (Å²) in [6.45, 7) is 8.46. The van der Waals surface area contributed by atoms with E-state index in [2.05, 4.69) is 32.0 Å². The van der Waals surface area contributed by atoms with E-state index in [1.54, 1.807) is 0 Å². The molecule has 0 saturated carbocycles. The first-order valence-corrected chi connectivity index (χ1v) is 10.1. The molecule has 0 amide bonds. The van der Waals surface area contributed by atoms with Gasteiger partial charge in [-0.2, -0.15) is 0 Å². The number of nitrogens with zero attached hydrogens (tertiary/aromatic N) is 5. The standard InChI is InChI=1S/C21H28N6O/c1-3-6-20(25-19-15-28-18-8-5-4-7-17(18)24-19)26-9-11-27(12-10-26)21-22-13-16(2)14-23-21/h4-5,7-8,13-14,20H,3,6,9-12,15H2,1-2H3,(H,24,25). The van der Waals surface area contributed by atoms with Crippen molar-refractivity contribution in [2.75, 3.05) is 43.0 Å². The monoisotopic (exact) mass is 380 g/mol. The molecule has 1 aromatic heterocycles. The van der Waals surface area contributed by atoms with Gasteiger partial charge < -0.3 is 15.0 Å². The van der Waals surface area contributed by atoms with E-state index in [9.17, 15) is 0 Å². The lowest BCUT2D eigenvalue weighted by Gasteiger charge is -2.38. The van der Waals surface area contributed by atoms with Gasteiger partial charge >= 0.3 is 0 Å². The van der Waals surface area contributed by atoms with Gasteiger partial charge in [-0.15, -0.1) is 0 Å². The highest BCUT2D eigenvalue weighted by atomic mass is 16.5. The molecule has 7 nitrogen and oxygen atoms in total. The first kappa shape index (κ1) is 18.7. The first-order chi connectivity index (χ1) is 13.7. The first-order valence-electron chi connectivity index (χ1n) is 10.1. The minimum atomic E-state index is 0.169. The quantitative estimate of drug-likeness (QED) is 0.860. The molecule has 1 atom stereocenters. The van der Waals surface area contributed by atoms with Crippen LogP contribution in [-0.4, -0.2) is 59.7 Å². The van der Waals surface area contributed by atoms with Crippen molar-refractivity contribution in [2.45, 2.75) is 32.9 Å². The molecule has 28 heavy (non-hydrogen) atoms. The van der Waals surface area contributed by atoms with Gasteiger partial charge in [0.05, 0.1) is 5.69 Å². The largest absolute Gasteiger partial charge is 0.484 e. The van der Waals surface area contributed by atoms with Gasteiger partial charge in [-0.1, -0.05) is 25.5 Å². The summed E-state index contributed by atoms with van der Waals surface area (Å²) in [5.74, 6) is 2.62. The number of para-hydroxylation sites is 2. The summed E-state index contributed by atoms with van der Waals surface area (Å²) in [4.78, 5) is 18.7. The summed E-state index contributed by atoms with van der Waals surface area (Å²) in [5.41, 5.74) is 2.08. The van der Waals surface area contributed by atoms with Gasteiger partial charge in [0.1, 0.15) is 24.4 Å². The number of nitrogens with one attached hydrogen (secondary N) is 1. The van der Waals surface area contributed by atoms with E-state index < -0.39 is 0 Å². The van der Waals surface area contributed by atoms with Crippen LogP contribution in [0.25, 0.3) is 0 Å². The molecule has 7 heteroatoms. The van der Waals surface area contributed by atoms with E-state index in [4.69, 9.17) is 9.73 Å². The van der Waals surface area contributed by atoms with Crippen molar-refractivity contribution in [3.63, 3.8) is 0 Å². The summed E-state index contributed by atoms with van der Waals surface area (Å²) in [6, 6.07) is 8.00. The number of aromatic nitrogens is 2. The van der Waals surface area contributed by atoms with Crippen molar-refractivity contribution in [1.29, 1.82) is 0 Å². The van der Waals surface area contributed by atoms with Crippen LogP contribution in [0, 0.1) is 6.92 Å². The molecule has 3 heterocycles. The predicted molar refractivity (Wildman–Crippen MR) is 112 cm³/mol. The highest BCUT2D eigenvalue weighted by Gasteiger charge is 2.25. The second-order valence-electron chi connectivity index (χ2n) is 7.34. The molecule has 1 saturated heterocycles. The minimum absolute atomic E-state index is 0.169. The lowest BCUT2D eigenvalue weighted by atomic mass is 10.2. The smallest absolute Gasteiger partial charge is 0.225 e. The van der Waals surface area contributed by atoms with Crippen LogP contribution in [0.2, 0.25) is 0 Å². The molecule has 2 aromatic rings. The van der Waals surface area contributed by atoms with Crippen molar-refractivity contribution >= 4 is 17.5 Å². The van der Waals surface area contributed by atoms with Gasteiger partial charge in [-0.05, 0) is 31.0 Å². The number of ether oxygens (including phenoxy) is 1. The van der Waals surface area contributed by atoms with Crippen molar-refractivity contribution in [2.24, 2.45) is 4.99 Å². The number of benzene rings is 1. The van der Waals surface area contributed by atoms with Crippen LogP contribution in [0.4, 0.5) is 11.6 Å². The number of aryl methyl sites for hydroxylation is 1. The lowest BCUT2D eigenvalue weighted by molar-refractivity contribution is 0.179. The molecule has 0 spiro atoms. The second-order valence-corrected chi connectivity index (χ2v) is 7.34. The molecular formula is C21H28N6O. The Kier molecular flexibility index (Phi) is 5.71. The van der Waals surface area contributed by atoms with Crippen molar-refractivity contribution in [3.8, 4) is 5.75 Å². The summed E-state index contributed by atoms with van der Waals surface area (Å²) in [5, 5.41) is 3.43. The summed E-state index contributed by atoms with van der Waals surface area (Å²) in [6.07, 6.45) is 6.07. The van der Waals surface area contributed by atoms with Crippen LogP contribution >= 0.6 is 0 Å². The van der Waals surface area contributed by atoms with Crippen LogP contribution in [0.15, 0.2) is 41.7 Å². The van der Waals surface area contributed by atoms with E-state index >= 15 is 0 Å². The number of hydrogen-bond donors (Lipinski definition) is 1. The highest BCUT2D eigenvalue weighted by molar-refractivity contribution is 5.99. The van der Waals surface area contributed by atoms with Gasteiger partial charge in [0, 0.05) is 38.6 Å². The Balaban J connectivity index is 1.41. The average molecular weight is 380 g/mol. The highest BCUT2D eigenvalue weighted by Crippen LogP contribution is 2.27. The van der Waals surface area contributed by atoms with Crippen LogP contribution in [0.1, 0.15) is 25.3 Å². The van der Waals surface area contributed by atoms with Gasteiger partial charge in [-0.3, -0.25) is 4.90 Å². The molecule has 0 bridgehead atoms. The predicted octanol–water partition coefficient (Wildman–Crippen LogP) is 2.94. The third-order valence-corrected chi connectivity index (χ3v) is 5.17. The second kappa shape index (κ2) is 8.56. The van der Waals surface area contributed by atoms with Crippen LogP contribution < -0.4 is 15.0 Å². The Bertz CT molecular complexity index is 814.